The second-order valence-electron chi connectivity index (χ2n) is 6.66. The first-order chi connectivity index (χ1) is 13.0. The molecule has 0 spiro atoms. The first-order valence-corrected chi connectivity index (χ1v) is 9.36. The third-order valence-electron chi connectivity index (χ3n) is 3.62. The number of nitrogens with one attached hydrogen (secondary N) is 3. The molecule has 11 nitrogen and oxygen atoms in total. The van der Waals surface area contributed by atoms with Gasteiger partial charge in [0.15, 0.2) is 0 Å². The van der Waals surface area contributed by atoms with Gasteiger partial charge in [0.2, 0.25) is 23.6 Å². The van der Waals surface area contributed by atoms with E-state index in [0.29, 0.717) is 0 Å². The molecule has 0 aliphatic carbocycles. The van der Waals surface area contributed by atoms with Gasteiger partial charge >= 0.3 is 5.97 Å². The van der Waals surface area contributed by atoms with Crippen molar-refractivity contribution in [3.63, 3.8) is 0 Å². The molecule has 28 heavy (non-hydrogen) atoms. The van der Waals surface area contributed by atoms with Crippen molar-refractivity contribution in [3.8, 4) is 0 Å². The second kappa shape index (κ2) is 12.9. The van der Waals surface area contributed by atoms with E-state index < -0.39 is 54.3 Å². The van der Waals surface area contributed by atoms with Crippen molar-refractivity contribution in [2.24, 2.45) is 17.4 Å². The number of hydrogen-bond donors (Lipinski definition) is 7. The van der Waals surface area contributed by atoms with E-state index in [1.807, 2.05) is 13.8 Å². The van der Waals surface area contributed by atoms with Crippen molar-refractivity contribution in [3.05, 3.63) is 0 Å². The molecule has 0 saturated heterocycles. The Morgan fingerprint density at radius 1 is 1.04 bits per heavy atom. The zero-order valence-corrected chi connectivity index (χ0v) is 16.8. The van der Waals surface area contributed by atoms with Crippen LogP contribution in [0, 0.1) is 5.92 Å². The molecule has 0 aliphatic heterocycles. The van der Waals surface area contributed by atoms with Gasteiger partial charge in [-0.05, 0) is 18.8 Å². The zero-order chi connectivity index (χ0) is 21.9. The topological polar surface area (TPSA) is 194 Å². The number of primary amides is 1. The van der Waals surface area contributed by atoms with Crippen molar-refractivity contribution >= 4 is 42.2 Å². The molecule has 12 heteroatoms. The third kappa shape index (κ3) is 10.7. The standard InChI is InChI=1S/C16H29N5O6S/c1-8(2)5-10(15(25)21-11(7-28)16(26)27)20-13(23)6-19-14(24)9(17)3-4-12(18)22/h8-11,28H,3-7,17H2,1-2H3,(H2,18,22)(H,19,24)(H,20,23)(H,21,25)(H,26,27). The van der Waals surface area contributed by atoms with Crippen LogP contribution in [0.25, 0.3) is 0 Å². The highest BCUT2D eigenvalue weighted by atomic mass is 32.1. The fraction of sp³-hybridized carbons (Fsp3) is 0.688. The van der Waals surface area contributed by atoms with Crippen LogP contribution in [0.5, 0.6) is 0 Å². The van der Waals surface area contributed by atoms with Gasteiger partial charge in [-0.15, -0.1) is 0 Å². The molecule has 0 bridgehead atoms. The minimum absolute atomic E-state index is 0.0344. The van der Waals surface area contributed by atoms with E-state index in [2.05, 4.69) is 28.6 Å². The fourth-order valence-electron chi connectivity index (χ4n) is 2.13. The van der Waals surface area contributed by atoms with Crippen molar-refractivity contribution in [2.45, 2.75) is 51.2 Å². The van der Waals surface area contributed by atoms with Gasteiger partial charge in [0.1, 0.15) is 12.1 Å². The van der Waals surface area contributed by atoms with Gasteiger partial charge in [0.25, 0.3) is 0 Å². The Hall–Kier alpha value is -2.34. The summed E-state index contributed by atoms with van der Waals surface area (Å²) in [6.45, 7) is 3.23. The lowest BCUT2D eigenvalue weighted by Gasteiger charge is -2.22. The number of rotatable bonds is 13. The number of carbonyl (C=O) groups is 5. The third-order valence-corrected chi connectivity index (χ3v) is 3.98. The van der Waals surface area contributed by atoms with Gasteiger partial charge in [0.05, 0.1) is 12.6 Å². The summed E-state index contributed by atoms with van der Waals surface area (Å²) in [7, 11) is 0. The maximum absolute atomic E-state index is 12.3. The molecule has 4 amide bonds. The predicted molar refractivity (Wildman–Crippen MR) is 104 cm³/mol. The lowest BCUT2D eigenvalue weighted by Crippen LogP contribution is -2.54. The summed E-state index contributed by atoms with van der Waals surface area (Å²) in [4.78, 5) is 57.9. The number of carboxylic acid groups (broad SMARTS) is 1. The summed E-state index contributed by atoms with van der Waals surface area (Å²) in [6, 6.07) is -3.17. The van der Waals surface area contributed by atoms with Gasteiger partial charge in [-0.25, -0.2) is 4.79 Å². The van der Waals surface area contributed by atoms with Crippen molar-refractivity contribution in [1.82, 2.24) is 16.0 Å². The maximum Gasteiger partial charge on any atom is 0.327 e. The molecule has 0 aromatic rings. The molecular weight excluding hydrogens is 390 g/mol. The van der Waals surface area contributed by atoms with Crippen LogP contribution in [0.1, 0.15) is 33.1 Å². The highest BCUT2D eigenvalue weighted by Crippen LogP contribution is 2.06. The van der Waals surface area contributed by atoms with Crippen LogP contribution in [-0.2, 0) is 24.0 Å². The van der Waals surface area contributed by atoms with E-state index in [0.717, 1.165) is 0 Å². The number of carboxylic acids is 1. The fourth-order valence-corrected chi connectivity index (χ4v) is 2.38. The predicted octanol–water partition coefficient (Wildman–Crippen LogP) is -2.27. The van der Waals surface area contributed by atoms with E-state index in [1.54, 1.807) is 0 Å². The van der Waals surface area contributed by atoms with E-state index in [9.17, 15) is 24.0 Å². The van der Waals surface area contributed by atoms with Gasteiger partial charge in [-0.1, -0.05) is 13.8 Å². The SMILES string of the molecule is CC(C)CC(NC(=O)CNC(=O)C(N)CCC(N)=O)C(=O)NC(CS)C(=O)O. The number of carbonyl (C=O) groups excluding carboxylic acids is 4. The summed E-state index contributed by atoms with van der Waals surface area (Å²) in [6.07, 6.45) is 0.247. The normalized spacial score (nSPS) is 13.9. The molecule has 0 fully saturated rings. The highest BCUT2D eigenvalue weighted by Gasteiger charge is 2.26. The highest BCUT2D eigenvalue weighted by molar-refractivity contribution is 7.80. The van der Waals surface area contributed by atoms with Crippen LogP contribution in [0.3, 0.4) is 0 Å². The Morgan fingerprint density at radius 2 is 1.64 bits per heavy atom. The maximum atomic E-state index is 12.3. The second-order valence-corrected chi connectivity index (χ2v) is 7.03. The first kappa shape index (κ1) is 25.7. The Labute approximate surface area is 168 Å². The molecular formula is C16H29N5O6S. The average Bonchev–Trinajstić information content (AvgIpc) is 2.60. The van der Waals surface area contributed by atoms with Crippen LogP contribution in [-0.4, -0.2) is 65.1 Å². The quantitative estimate of drug-likeness (QED) is 0.163. The molecule has 0 radical (unpaired) electrons. The number of nitrogens with two attached hydrogens (primary N) is 2. The molecule has 0 aromatic heterocycles. The van der Waals surface area contributed by atoms with E-state index >= 15 is 0 Å². The Kier molecular flexibility index (Phi) is 11.9. The molecule has 160 valence electrons. The zero-order valence-electron chi connectivity index (χ0n) is 15.9. The summed E-state index contributed by atoms with van der Waals surface area (Å²) < 4.78 is 0. The largest absolute Gasteiger partial charge is 0.480 e. The van der Waals surface area contributed by atoms with Gasteiger partial charge < -0.3 is 32.5 Å². The van der Waals surface area contributed by atoms with Crippen LogP contribution >= 0.6 is 12.6 Å². The first-order valence-electron chi connectivity index (χ1n) is 8.72. The van der Waals surface area contributed by atoms with Crippen molar-refractivity contribution in [1.29, 1.82) is 0 Å². The summed E-state index contributed by atoms with van der Waals surface area (Å²) >= 11 is 3.87. The number of aliphatic carboxylic acids is 1. The van der Waals surface area contributed by atoms with Gasteiger partial charge in [0, 0.05) is 12.2 Å². The van der Waals surface area contributed by atoms with Crippen LogP contribution in [0.15, 0.2) is 0 Å². The van der Waals surface area contributed by atoms with Gasteiger partial charge in [-0.2, -0.15) is 12.6 Å². The summed E-state index contributed by atoms with van der Waals surface area (Å²) in [5.74, 6) is -3.85. The van der Waals surface area contributed by atoms with Crippen molar-refractivity contribution < 1.29 is 29.1 Å². The lowest BCUT2D eigenvalue weighted by molar-refractivity contribution is -0.141. The molecule has 0 heterocycles. The Balaban J connectivity index is 4.72. The molecule has 0 rings (SSSR count). The number of amides is 4. The van der Waals surface area contributed by atoms with Crippen LogP contribution in [0.2, 0.25) is 0 Å². The summed E-state index contributed by atoms with van der Waals surface area (Å²) in [5, 5.41) is 16.1. The molecule has 0 aliphatic rings. The Morgan fingerprint density at radius 3 is 2.11 bits per heavy atom. The molecule has 8 N–H and O–H groups in total. The van der Waals surface area contributed by atoms with Crippen LogP contribution in [0.4, 0.5) is 0 Å². The smallest absolute Gasteiger partial charge is 0.327 e. The lowest BCUT2D eigenvalue weighted by atomic mass is 10.0. The molecule has 0 saturated carbocycles. The molecule has 0 aromatic carbocycles. The number of thiol groups is 1. The van der Waals surface area contributed by atoms with E-state index in [-0.39, 0.29) is 30.9 Å². The van der Waals surface area contributed by atoms with E-state index in [4.69, 9.17) is 16.6 Å². The minimum Gasteiger partial charge on any atom is -0.480 e. The Bertz CT molecular complexity index is 586. The summed E-state index contributed by atoms with van der Waals surface area (Å²) in [5.41, 5.74) is 10.6. The van der Waals surface area contributed by atoms with Crippen molar-refractivity contribution in [2.75, 3.05) is 12.3 Å². The number of hydrogen-bond acceptors (Lipinski definition) is 7. The molecule has 3 unspecified atom stereocenters. The minimum atomic E-state index is -1.24. The van der Waals surface area contributed by atoms with E-state index in [1.165, 1.54) is 0 Å². The monoisotopic (exact) mass is 419 g/mol. The average molecular weight is 420 g/mol. The van der Waals surface area contributed by atoms with Crippen LogP contribution < -0.4 is 27.4 Å². The molecule has 3 atom stereocenters. The van der Waals surface area contributed by atoms with Gasteiger partial charge in [-0.3, -0.25) is 19.2 Å².